The summed E-state index contributed by atoms with van der Waals surface area (Å²) in [4.78, 5) is 22.0. The number of likely N-dealkylation sites (tertiary alicyclic amines) is 1. The normalized spacial score (nSPS) is 17.7. The van der Waals surface area contributed by atoms with Gasteiger partial charge in [-0.25, -0.2) is 4.98 Å². The van der Waals surface area contributed by atoms with Crippen molar-refractivity contribution in [3.8, 4) is 0 Å². The Morgan fingerprint density at radius 1 is 1.50 bits per heavy atom. The van der Waals surface area contributed by atoms with Crippen molar-refractivity contribution in [3.05, 3.63) is 23.2 Å². The minimum atomic E-state index is -0.226. The average molecular weight is 269 g/mol. The second kappa shape index (κ2) is 6.11. The van der Waals surface area contributed by atoms with Gasteiger partial charge in [0.05, 0.1) is 12.4 Å². The molecule has 0 bridgehead atoms. The van der Waals surface area contributed by atoms with E-state index in [0.717, 1.165) is 13.1 Å². The first-order valence-corrected chi connectivity index (χ1v) is 6.54. The Morgan fingerprint density at radius 2 is 2.22 bits per heavy atom. The predicted octanol–water partition coefficient (Wildman–Crippen LogP) is 1.34. The van der Waals surface area contributed by atoms with Crippen LogP contribution in [0.5, 0.6) is 0 Å². The van der Waals surface area contributed by atoms with E-state index in [9.17, 15) is 4.79 Å². The first-order valence-electron chi connectivity index (χ1n) is 6.16. The van der Waals surface area contributed by atoms with Crippen molar-refractivity contribution >= 4 is 17.5 Å². The van der Waals surface area contributed by atoms with Crippen LogP contribution in [0.25, 0.3) is 0 Å². The predicted molar refractivity (Wildman–Crippen MR) is 69.6 cm³/mol. The van der Waals surface area contributed by atoms with Crippen molar-refractivity contribution < 1.29 is 4.79 Å². The second-order valence-electron chi connectivity index (χ2n) is 4.53. The Hall–Kier alpha value is -1.20. The van der Waals surface area contributed by atoms with Crippen molar-refractivity contribution in [3.63, 3.8) is 0 Å². The number of amides is 1. The highest BCUT2D eigenvalue weighted by atomic mass is 35.5. The van der Waals surface area contributed by atoms with Crippen LogP contribution in [-0.4, -0.2) is 46.5 Å². The first-order chi connectivity index (χ1) is 8.66. The van der Waals surface area contributed by atoms with Gasteiger partial charge in [-0.3, -0.25) is 14.7 Å². The molecule has 6 heteroatoms. The Bertz CT molecular complexity index is 420. The number of nitrogens with zero attached hydrogens (tertiary/aromatic N) is 3. The van der Waals surface area contributed by atoms with Gasteiger partial charge in [0.25, 0.3) is 5.91 Å². The van der Waals surface area contributed by atoms with Gasteiger partial charge in [-0.1, -0.05) is 11.6 Å². The zero-order valence-electron chi connectivity index (χ0n) is 10.4. The number of hydrogen-bond acceptors (Lipinski definition) is 4. The molecule has 2 heterocycles. The quantitative estimate of drug-likeness (QED) is 0.895. The monoisotopic (exact) mass is 268 g/mol. The summed E-state index contributed by atoms with van der Waals surface area (Å²) in [6.07, 6.45) is 5.32. The van der Waals surface area contributed by atoms with E-state index in [4.69, 9.17) is 11.6 Å². The van der Waals surface area contributed by atoms with Gasteiger partial charge in [-0.2, -0.15) is 0 Å². The molecule has 1 fully saturated rings. The van der Waals surface area contributed by atoms with Crippen molar-refractivity contribution in [1.29, 1.82) is 0 Å². The summed E-state index contributed by atoms with van der Waals surface area (Å²) >= 11 is 5.69. The van der Waals surface area contributed by atoms with Crippen LogP contribution in [0.2, 0.25) is 5.15 Å². The number of hydrogen-bond donors (Lipinski definition) is 1. The molecule has 1 aliphatic heterocycles. The van der Waals surface area contributed by atoms with Gasteiger partial charge in [0.2, 0.25) is 0 Å². The number of halogens is 1. The van der Waals surface area contributed by atoms with E-state index in [2.05, 4.69) is 27.1 Å². The van der Waals surface area contributed by atoms with Crippen molar-refractivity contribution in [1.82, 2.24) is 20.2 Å². The van der Waals surface area contributed by atoms with E-state index in [1.807, 2.05) is 0 Å². The molecule has 1 atom stereocenters. The molecule has 0 aromatic carbocycles. The lowest BCUT2D eigenvalue weighted by molar-refractivity contribution is 0.0935. The van der Waals surface area contributed by atoms with Gasteiger partial charge < -0.3 is 5.32 Å². The molecule has 1 unspecified atom stereocenters. The van der Waals surface area contributed by atoms with Gasteiger partial charge in [0.1, 0.15) is 10.8 Å². The largest absolute Gasteiger partial charge is 0.349 e. The SMILES string of the molecule is CC(CNC(=O)c1cncc(Cl)n1)N1CCCC1. The fraction of sp³-hybridized carbons (Fsp3) is 0.583. The minimum Gasteiger partial charge on any atom is -0.349 e. The summed E-state index contributed by atoms with van der Waals surface area (Å²) in [5.41, 5.74) is 0.260. The van der Waals surface area contributed by atoms with Crippen LogP contribution in [0.1, 0.15) is 30.3 Å². The van der Waals surface area contributed by atoms with E-state index >= 15 is 0 Å². The lowest BCUT2D eigenvalue weighted by atomic mass is 10.3. The van der Waals surface area contributed by atoms with E-state index < -0.39 is 0 Å². The van der Waals surface area contributed by atoms with Gasteiger partial charge in [-0.15, -0.1) is 0 Å². The summed E-state index contributed by atoms with van der Waals surface area (Å²) in [6, 6.07) is 0.351. The molecule has 2 rings (SSSR count). The lowest BCUT2D eigenvalue weighted by Crippen LogP contribution is -2.40. The van der Waals surface area contributed by atoms with Crippen LogP contribution in [-0.2, 0) is 0 Å². The molecule has 1 aliphatic rings. The maximum Gasteiger partial charge on any atom is 0.271 e. The Balaban J connectivity index is 1.84. The molecule has 0 spiro atoms. The van der Waals surface area contributed by atoms with E-state index in [0.29, 0.717) is 12.6 Å². The third kappa shape index (κ3) is 3.40. The van der Waals surface area contributed by atoms with Crippen LogP contribution in [0.4, 0.5) is 0 Å². The molecule has 98 valence electrons. The van der Waals surface area contributed by atoms with Crippen molar-refractivity contribution in [2.24, 2.45) is 0 Å². The third-order valence-electron chi connectivity index (χ3n) is 3.16. The van der Waals surface area contributed by atoms with E-state index in [1.54, 1.807) is 0 Å². The smallest absolute Gasteiger partial charge is 0.271 e. The van der Waals surface area contributed by atoms with E-state index in [-0.39, 0.29) is 16.8 Å². The Morgan fingerprint density at radius 3 is 2.89 bits per heavy atom. The molecule has 0 saturated carbocycles. The summed E-state index contributed by atoms with van der Waals surface area (Å²) in [6.45, 7) is 4.98. The molecule has 18 heavy (non-hydrogen) atoms. The lowest BCUT2D eigenvalue weighted by Gasteiger charge is -2.23. The highest BCUT2D eigenvalue weighted by Gasteiger charge is 2.18. The van der Waals surface area contributed by atoms with Crippen LogP contribution >= 0.6 is 11.6 Å². The van der Waals surface area contributed by atoms with Gasteiger partial charge >= 0.3 is 0 Å². The molecular formula is C12H17ClN4O. The average Bonchev–Trinajstić information content (AvgIpc) is 2.89. The fourth-order valence-electron chi connectivity index (χ4n) is 2.09. The highest BCUT2D eigenvalue weighted by molar-refractivity contribution is 6.29. The molecule has 1 amide bonds. The van der Waals surface area contributed by atoms with Gasteiger partial charge in [0.15, 0.2) is 0 Å². The molecule has 1 N–H and O–H groups in total. The van der Waals surface area contributed by atoms with Gasteiger partial charge in [0, 0.05) is 12.6 Å². The molecular weight excluding hydrogens is 252 g/mol. The van der Waals surface area contributed by atoms with E-state index in [1.165, 1.54) is 25.2 Å². The van der Waals surface area contributed by atoms with Crippen LogP contribution in [0.3, 0.4) is 0 Å². The summed E-state index contributed by atoms with van der Waals surface area (Å²) in [5.74, 6) is -0.226. The molecule has 0 aliphatic carbocycles. The van der Waals surface area contributed by atoms with Crippen molar-refractivity contribution in [2.45, 2.75) is 25.8 Å². The second-order valence-corrected chi connectivity index (χ2v) is 4.92. The molecule has 1 aromatic rings. The molecule has 1 saturated heterocycles. The fourth-order valence-corrected chi connectivity index (χ4v) is 2.24. The maximum absolute atomic E-state index is 11.8. The summed E-state index contributed by atoms with van der Waals surface area (Å²) in [7, 11) is 0. The topological polar surface area (TPSA) is 58.1 Å². The summed E-state index contributed by atoms with van der Waals surface area (Å²) in [5, 5.41) is 3.09. The zero-order chi connectivity index (χ0) is 13.0. The molecule has 5 nitrogen and oxygen atoms in total. The Kier molecular flexibility index (Phi) is 4.49. The van der Waals surface area contributed by atoms with Crippen LogP contribution in [0, 0.1) is 0 Å². The maximum atomic E-state index is 11.8. The first kappa shape index (κ1) is 13.2. The number of aromatic nitrogens is 2. The standard InChI is InChI=1S/C12H17ClN4O/c1-9(17-4-2-3-5-17)6-15-12(18)10-7-14-8-11(13)16-10/h7-9H,2-6H2,1H3,(H,15,18). The third-order valence-corrected chi connectivity index (χ3v) is 3.34. The molecule has 1 aromatic heterocycles. The number of carbonyl (C=O) groups is 1. The Labute approximate surface area is 112 Å². The zero-order valence-corrected chi connectivity index (χ0v) is 11.2. The number of carbonyl (C=O) groups excluding carboxylic acids is 1. The van der Waals surface area contributed by atoms with Gasteiger partial charge in [-0.05, 0) is 32.9 Å². The van der Waals surface area contributed by atoms with Crippen LogP contribution < -0.4 is 5.32 Å². The number of nitrogens with one attached hydrogen (secondary N) is 1. The molecule has 0 radical (unpaired) electrons. The number of rotatable bonds is 4. The summed E-state index contributed by atoms with van der Waals surface area (Å²) < 4.78 is 0. The van der Waals surface area contributed by atoms with Crippen LogP contribution in [0.15, 0.2) is 12.4 Å². The minimum absolute atomic E-state index is 0.226. The van der Waals surface area contributed by atoms with Crippen molar-refractivity contribution in [2.75, 3.05) is 19.6 Å². The highest BCUT2D eigenvalue weighted by Crippen LogP contribution is 2.10.